The number of carbonyl (C=O) groups excluding carboxylic acids is 1. The van der Waals surface area contributed by atoms with E-state index in [2.05, 4.69) is 19.9 Å². The predicted octanol–water partition coefficient (Wildman–Crippen LogP) is 4.85. The zero-order chi connectivity index (χ0) is 26.1. The van der Waals surface area contributed by atoms with E-state index in [4.69, 9.17) is 0 Å². The van der Waals surface area contributed by atoms with E-state index in [0.29, 0.717) is 35.6 Å². The number of halogens is 2. The van der Waals surface area contributed by atoms with Crippen molar-refractivity contribution >= 4 is 16.9 Å². The fraction of sp³-hybridized carbons (Fsp3) is 0.379. The molecule has 2 saturated heterocycles. The van der Waals surface area contributed by atoms with E-state index in [1.807, 2.05) is 52.2 Å². The molecule has 0 aliphatic carbocycles. The summed E-state index contributed by atoms with van der Waals surface area (Å²) in [4.78, 5) is 30.9. The second-order valence-corrected chi connectivity index (χ2v) is 10.2. The van der Waals surface area contributed by atoms with Crippen LogP contribution in [0.3, 0.4) is 0 Å². The number of imidazole rings is 1. The van der Waals surface area contributed by atoms with Crippen molar-refractivity contribution in [1.29, 1.82) is 0 Å². The number of hydrogen-bond acceptors (Lipinski definition) is 5. The maximum Gasteiger partial charge on any atom is 0.225 e. The number of aromatic nitrogens is 4. The summed E-state index contributed by atoms with van der Waals surface area (Å²) in [7, 11) is 0. The van der Waals surface area contributed by atoms with Crippen molar-refractivity contribution in [3.05, 3.63) is 78.3 Å². The van der Waals surface area contributed by atoms with Crippen LogP contribution >= 0.6 is 0 Å². The third-order valence-corrected chi connectivity index (χ3v) is 7.86. The normalized spacial score (nSPS) is 17.8. The fourth-order valence-corrected chi connectivity index (χ4v) is 5.82. The molecule has 2 aliphatic heterocycles. The lowest BCUT2D eigenvalue weighted by Gasteiger charge is -2.38. The Hall–Kier alpha value is -3.72. The van der Waals surface area contributed by atoms with Gasteiger partial charge in [-0.15, -0.1) is 0 Å². The Morgan fingerprint density at radius 3 is 2.34 bits per heavy atom. The molecule has 0 spiro atoms. The lowest BCUT2D eigenvalue weighted by molar-refractivity contribution is -0.138. The summed E-state index contributed by atoms with van der Waals surface area (Å²) in [5.74, 6) is -0.927. The summed E-state index contributed by atoms with van der Waals surface area (Å²) >= 11 is 0. The average molecular weight is 517 g/mol. The third-order valence-electron chi connectivity index (χ3n) is 7.86. The Morgan fingerprint density at radius 2 is 1.63 bits per heavy atom. The third kappa shape index (κ3) is 4.90. The molecule has 4 aromatic rings. The van der Waals surface area contributed by atoms with Crippen molar-refractivity contribution in [2.75, 3.05) is 26.2 Å². The van der Waals surface area contributed by atoms with Gasteiger partial charge in [-0.05, 0) is 68.6 Å². The monoisotopic (exact) mass is 516 g/mol. The second kappa shape index (κ2) is 10.6. The maximum atomic E-state index is 14.2. The molecule has 1 aromatic carbocycles. The van der Waals surface area contributed by atoms with E-state index in [9.17, 15) is 13.6 Å². The first-order valence-corrected chi connectivity index (χ1v) is 13.3. The second-order valence-electron chi connectivity index (χ2n) is 10.2. The molecular weight excluding hydrogens is 486 g/mol. The first kappa shape index (κ1) is 24.6. The van der Waals surface area contributed by atoms with Gasteiger partial charge in [-0.1, -0.05) is 6.07 Å². The number of fused-ring (bicyclic) bond motifs is 1. The summed E-state index contributed by atoms with van der Waals surface area (Å²) in [6, 6.07) is 12.0. The molecule has 2 fully saturated rings. The largest absolute Gasteiger partial charge is 0.342 e. The predicted molar refractivity (Wildman–Crippen MR) is 140 cm³/mol. The molecule has 9 heteroatoms. The van der Waals surface area contributed by atoms with Crippen LogP contribution in [-0.2, 0) is 11.3 Å². The number of carbonyl (C=O) groups is 1. The highest BCUT2D eigenvalue weighted by molar-refractivity contribution is 5.81. The van der Waals surface area contributed by atoms with E-state index >= 15 is 0 Å². The molecule has 0 radical (unpaired) electrons. The Bertz CT molecular complexity index is 1410. The zero-order valence-corrected chi connectivity index (χ0v) is 21.1. The lowest BCUT2D eigenvalue weighted by atomic mass is 9.93. The van der Waals surface area contributed by atoms with E-state index in [1.165, 1.54) is 11.6 Å². The highest BCUT2D eigenvalue weighted by atomic mass is 19.2. The topological polar surface area (TPSA) is 67.2 Å². The Morgan fingerprint density at radius 1 is 0.895 bits per heavy atom. The minimum atomic E-state index is -0.915. The van der Waals surface area contributed by atoms with Gasteiger partial charge in [0, 0.05) is 62.3 Å². The van der Waals surface area contributed by atoms with Crippen molar-refractivity contribution < 1.29 is 13.6 Å². The maximum absolute atomic E-state index is 14.2. The molecule has 0 saturated carbocycles. The first-order chi connectivity index (χ1) is 18.6. The number of rotatable bonds is 5. The molecule has 0 N–H and O–H groups in total. The van der Waals surface area contributed by atoms with Crippen LogP contribution in [0.2, 0.25) is 0 Å². The van der Waals surface area contributed by atoms with Crippen molar-refractivity contribution in [3.8, 4) is 11.5 Å². The van der Waals surface area contributed by atoms with Gasteiger partial charge in [-0.25, -0.2) is 13.8 Å². The van der Waals surface area contributed by atoms with Gasteiger partial charge in [-0.2, -0.15) is 0 Å². The highest BCUT2D eigenvalue weighted by Gasteiger charge is 2.32. The summed E-state index contributed by atoms with van der Waals surface area (Å²) in [6.45, 7) is 3.96. The van der Waals surface area contributed by atoms with Crippen LogP contribution in [0.4, 0.5) is 8.78 Å². The van der Waals surface area contributed by atoms with E-state index < -0.39 is 11.6 Å². The molecule has 3 aromatic heterocycles. The molecule has 2 aliphatic rings. The zero-order valence-electron chi connectivity index (χ0n) is 21.1. The molecule has 7 nitrogen and oxygen atoms in total. The average Bonchev–Trinajstić information content (AvgIpc) is 3.32. The van der Waals surface area contributed by atoms with Crippen molar-refractivity contribution in [3.63, 3.8) is 0 Å². The van der Waals surface area contributed by atoms with Crippen LogP contribution in [-0.4, -0.2) is 61.4 Å². The van der Waals surface area contributed by atoms with Crippen LogP contribution in [0.15, 0.2) is 61.1 Å². The van der Waals surface area contributed by atoms with Gasteiger partial charge in [0.2, 0.25) is 5.91 Å². The Balaban J connectivity index is 1.13. The van der Waals surface area contributed by atoms with Gasteiger partial charge in [0.1, 0.15) is 5.69 Å². The number of piperidine rings is 2. The van der Waals surface area contributed by atoms with Crippen molar-refractivity contribution in [2.45, 2.75) is 38.3 Å². The number of amides is 1. The standard InChI is InChI=1S/C29H30F2N6O/c30-23-17-26-27(18-24(23)31)37(28(34-26)25-3-1-2-10-33-25)22-8-15-36(16-9-22)29(38)21-6-13-35(14-7-21)19-20-4-11-32-12-5-20/h1-5,10-12,17-18,21-22H,6-9,13-16,19H2. The summed E-state index contributed by atoms with van der Waals surface area (Å²) in [5, 5.41) is 0. The molecular formula is C29H30F2N6O. The molecule has 196 valence electrons. The first-order valence-electron chi connectivity index (χ1n) is 13.3. The molecule has 1 amide bonds. The molecule has 0 unspecified atom stereocenters. The van der Waals surface area contributed by atoms with Gasteiger partial charge in [0.25, 0.3) is 0 Å². The number of hydrogen-bond donors (Lipinski definition) is 0. The fourth-order valence-electron chi connectivity index (χ4n) is 5.82. The molecule has 6 rings (SSSR count). The van der Waals surface area contributed by atoms with Crippen LogP contribution in [0.25, 0.3) is 22.6 Å². The summed E-state index contributed by atoms with van der Waals surface area (Å²) in [6.07, 6.45) is 8.48. The van der Waals surface area contributed by atoms with E-state index in [1.54, 1.807) is 6.20 Å². The number of pyridine rings is 2. The van der Waals surface area contributed by atoms with Gasteiger partial charge in [-0.3, -0.25) is 19.7 Å². The molecule has 38 heavy (non-hydrogen) atoms. The highest BCUT2D eigenvalue weighted by Crippen LogP contribution is 2.34. The van der Waals surface area contributed by atoms with Crippen LogP contribution in [0.1, 0.15) is 37.3 Å². The Labute approximate surface area is 220 Å². The van der Waals surface area contributed by atoms with E-state index in [-0.39, 0.29) is 17.9 Å². The minimum absolute atomic E-state index is 0.00752. The van der Waals surface area contributed by atoms with E-state index in [0.717, 1.165) is 51.4 Å². The molecule has 0 atom stereocenters. The quantitative estimate of drug-likeness (QED) is 0.380. The number of benzene rings is 1. The Kier molecular flexibility index (Phi) is 6.84. The number of nitrogens with zero attached hydrogens (tertiary/aromatic N) is 6. The van der Waals surface area contributed by atoms with Crippen molar-refractivity contribution in [1.82, 2.24) is 29.3 Å². The summed E-state index contributed by atoms with van der Waals surface area (Å²) < 4.78 is 30.2. The van der Waals surface area contributed by atoms with Crippen molar-refractivity contribution in [2.24, 2.45) is 5.92 Å². The molecule has 5 heterocycles. The smallest absolute Gasteiger partial charge is 0.225 e. The molecule has 0 bridgehead atoms. The van der Waals surface area contributed by atoms with Crippen LogP contribution < -0.4 is 0 Å². The summed E-state index contributed by atoms with van der Waals surface area (Å²) in [5.41, 5.74) is 2.85. The van der Waals surface area contributed by atoms with Crippen LogP contribution in [0.5, 0.6) is 0 Å². The lowest BCUT2D eigenvalue weighted by Crippen LogP contribution is -2.45. The SMILES string of the molecule is O=C(C1CCN(Cc2ccncc2)CC1)N1CCC(n2c(-c3ccccn3)nc3cc(F)c(F)cc32)CC1. The van der Waals surface area contributed by atoms with Gasteiger partial charge >= 0.3 is 0 Å². The number of likely N-dealkylation sites (tertiary alicyclic amines) is 2. The minimum Gasteiger partial charge on any atom is -0.342 e. The van der Waals surface area contributed by atoms with Gasteiger partial charge in [0.05, 0.1) is 11.0 Å². The van der Waals surface area contributed by atoms with Gasteiger partial charge < -0.3 is 9.47 Å². The van der Waals surface area contributed by atoms with Gasteiger partial charge in [0.15, 0.2) is 17.5 Å². The van der Waals surface area contributed by atoms with Crippen LogP contribution in [0, 0.1) is 17.6 Å².